The standard InChI is InChI=1S/C7H12INO2/c8-4-7(10)9-5-6-2-1-3-11-6/h6H,1-5H2,(H,9,10). The Hall–Kier alpha value is 0.160. The van der Waals surface area contributed by atoms with Gasteiger partial charge in [-0.05, 0) is 12.8 Å². The van der Waals surface area contributed by atoms with E-state index in [1.807, 2.05) is 22.6 Å². The molecule has 0 aliphatic carbocycles. The van der Waals surface area contributed by atoms with E-state index in [9.17, 15) is 4.79 Å². The van der Waals surface area contributed by atoms with Crippen molar-refractivity contribution < 1.29 is 9.53 Å². The second kappa shape index (κ2) is 4.92. The van der Waals surface area contributed by atoms with Gasteiger partial charge in [0.25, 0.3) is 0 Å². The summed E-state index contributed by atoms with van der Waals surface area (Å²) in [4.78, 5) is 10.8. The van der Waals surface area contributed by atoms with E-state index in [-0.39, 0.29) is 12.0 Å². The first kappa shape index (κ1) is 9.25. The summed E-state index contributed by atoms with van der Waals surface area (Å²) in [5.74, 6) is 0.0982. The maximum Gasteiger partial charge on any atom is 0.229 e. The average molecular weight is 269 g/mol. The molecule has 1 fully saturated rings. The molecule has 1 unspecified atom stereocenters. The molecule has 1 atom stereocenters. The van der Waals surface area contributed by atoms with Crippen LogP contribution >= 0.6 is 22.6 Å². The van der Waals surface area contributed by atoms with Crippen LogP contribution in [-0.2, 0) is 9.53 Å². The van der Waals surface area contributed by atoms with Gasteiger partial charge < -0.3 is 10.1 Å². The lowest BCUT2D eigenvalue weighted by Crippen LogP contribution is -2.32. The Morgan fingerprint density at radius 3 is 3.09 bits per heavy atom. The molecule has 64 valence electrons. The third-order valence-corrected chi connectivity index (χ3v) is 2.37. The number of hydrogen-bond donors (Lipinski definition) is 1. The van der Waals surface area contributed by atoms with Crippen molar-refractivity contribution >= 4 is 28.5 Å². The molecule has 0 radical (unpaired) electrons. The fourth-order valence-corrected chi connectivity index (χ4v) is 1.35. The van der Waals surface area contributed by atoms with E-state index in [1.165, 1.54) is 0 Å². The quantitative estimate of drug-likeness (QED) is 0.605. The van der Waals surface area contributed by atoms with Gasteiger partial charge in [0.1, 0.15) is 0 Å². The van der Waals surface area contributed by atoms with Gasteiger partial charge in [0, 0.05) is 13.2 Å². The summed E-state index contributed by atoms with van der Waals surface area (Å²) < 4.78 is 5.86. The highest BCUT2D eigenvalue weighted by atomic mass is 127. The fraction of sp³-hybridized carbons (Fsp3) is 0.857. The second-order valence-electron chi connectivity index (χ2n) is 2.57. The van der Waals surface area contributed by atoms with Gasteiger partial charge in [-0.25, -0.2) is 0 Å². The molecular weight excluding hydrogens is 257 g/mol. The number of nitrogens with one attached hydrogen (secondary N) is 1. The van der Waals surface area contributed by atoms with Crippen LogP contribution < -0.4 is 5.32 Å². The first-order chi connectivity index (χ1) is 5.33. The van der Waals surface area contributed by atoms with Gasteiger partial charge in [0.05, 0.1) is 10.5 Å². The van der Waals surface area contributed by atoms with Crippen molar-refractivity contribution in [3.05, 3.63) is 0 Å². The smallest absolute Gasteiger partial charge is 0.229 e. The van der Waals surface area contributed by atoms with Crippen LogP contribution in [0, 0.1) is 0 Å². The Bertz CT molecular complexity index is 134. The molecule has 4 heteroatoms. The SMILES string of the molecule is O=C(CI)NCC1CCCO1. The van der Waals surface area contributed by atoms with E-state index in [2.05, 4.69) is 5.32 Å². The van der Waals surface area contributed by atoms with Gasteiger partial charge in [0.15, 0.2) is 0 Å². The molecule has 1 N–H and O–H groups in total. The van der Waals surface area contributed by atoms with E-state index >= 15 is 0 Å². The molecule has 11 heavy (non-hydrogen) atoms. The second-order valence-corrected chi connectivity index (χ2v) is 3.34. The van der Waals surface area contributed by atoms with Gasteiger partial charge in [-0.2, -0.15) is 0 Å². The van der Waals surface area contributed by atoms with Crippen LogP contribution in [-0.4, -0.2) is 29.6 Å². The molecule has 1 aliphatic heterocycles. The fourth-order valence-electron chi connectivity index (χ4n) is 1.08. The largest absolute Gasteiger partial charge is 0.376 e. The number of alkyl halides is 1. The van der Waals surface area contributed by atoms with E-state index in [4.69, 9.17) is 4.74 Å². The van der Waals surface area contributed by atoms with Gasteiger partial charge in [-0.1, -0.05) is 22.6 Å². The van der Waals surface area contributed by atoms with E-state index in [1.54, 1.807) is 0 Å². The highest BCUT2D eigenvalue weighted by Crippen LogP contribution is 2.10. The van der Waals surface area contributed by atoms with Crippen molar-refractivity contribution in [1.82, 2.24) is 5.32 Å². The number of carbonyl (C=O) groups excluding carboxylic acids is 1. The molecule has 0 saturated carbocycles. The van der Waals surface area contributed by atoms with Gasteiger partial charge in [0.2, 0.25) is 5.91 Å². The minimum atomic E-state index is 0.0982. The first-order valence-electron chi connectivity index (χ1n) is 3.77. The van der Waals surface area contributed by atoms with Gasteiger partial charge >= 0.3 is 0 Å². The highest BCUT2D eigenvalue weighted by molar-refractivity contribution is 14.1. The first-order valence-corrected chi connectivity index (χ1v) is 5.29. The maximum atomic E-state index is 10.8. The molecule has 0 aromatic carbocycles. The number of carbonyl (C=O) groups is 1. The Morgan fingerprint density at radius 2 is 2.55 bits per heavy atom. The lowest BCUT2D eigenvalue weighted by molar-refractivity contribution is -0.118. The van der Waals surface area contributed by atoms with Crippen LogP contribution in [0.1, 0.15) is 12.8 Å². The third kappa shape index (κ3) is 3.37. The predicted molar refractivity (Wildman–Crippen MR) is 50.9 cm³/mol. The minimum absolute atomic E-state index is 0.0982. The minimum Gasteiger partial charge on any atom is -0.376 e. The average Bonchev–Trinajstić information content (AvgIpc) is 2.52. The zero-order valence-corrected chi connectivity index (χ0v) is 8.46. The zero-order chi connectivity index (χ0) is 8.10. The summed E-state index contributed by atoms with van der Waals surface area (Å²) in [7, 11) is 0. The van der Waals surface area contributed by atoms with Crippen LogP contribution in [0.4, 0.5) is 0 Å². The predicted octanol–water partition coefficient (Wildman–Crippen LogP) is 0.717. The van der Waals surface area contributed by atoms with Gasteiger partial charge in [-0.3, -0.25) is 4.79 Å². The van der Waals surface area contributed by atoms with Crippen LogP contribution in [0.3, 0.4) is 0 Å². The normalized spacial score (nSPS) is 23.5. The van der Waals surface area contributed by atoms with Crippen LogP contribution in [0.2, 0.25) is 0 Å². The number of rotatable bonds is 3. The zero-order valence-electron chi connectivity index (χ0n) is 6.31. The van der Waals surface area contributed by atoms with E-state index in [0.29, 0.717) is 11.0 Å². The Labute approximate surface area is 80.0 Å². The molecule has 3 nitrogen and oxygen atoms in total. The molecule has 0 aromatic rings. The summed E-state index contributed by atoms with van der Waals surface area (Å²) >= 11 is 2.05. The van der Waals surface area contributed by atoms with Crippen molar-refractivity contribution in [2.75, 3.05) is 17.6 Å². The van der Waals surface area contributed by atoms with Gasteiger partial charge in [-0.15, -0.1) is 0 Å². The Balaban J connectivity index is 2.06. The third-order valence-electron chi connectivity index (χ3n) is 1.67. The number of ether oxygens (including phenoxy) is 1. The van der Waals surface area contributed by atoms with Crippen LogP contribution in [0.25, 0.3) is 0 Å². The molecule has 0 spiro atoms. The summed E-state index contributed by atoms with van der Waals surface area (Å²) in [6.45, 7) is 1.53. The molecule has 1 saturated heterocycles. The molecule has 1 heterocycles. The number of halogens is 1. The lowest BCUT2D eigenvalue weighted by Gasteiger charge is -2.08. The van der Waals surface area contributed by atoms with E-state index in [0.717, 1.165) is 19.4 Å². The molecule has 0 bridgehead atoms. The molecule has 0 aromatic heterocycles. The lowest BCUT2D eigenvalue weighted by atomic mass is 10.2. The van der Waals surface area contributed by atoms with Crippen LogP contribution in [0.5, 0.6) is 0 Å². The molecule has 1 rings (SSSR count). The Morgan fingerprint density at radius 1 is 1.73 bits per heavy atom. The van der Waals surface area contributed by atoms with E-state index < -0.39 is 0 Å². The van der Waals surface area contributed by atoms with Crippen molar-refractivity contribution in [2.45, 2.75) is 18.9 Å². The van der Waals surface area contributed by atoms with Crippen molar-refractivity contribution in [1.29, 1.82) is 0 Å². The van der Waals surface area contributed by atoms with Crippen molar-refractivity contribution in [3.63, 3.8) is 0 Å². The molecule has 1 aliphatic rings. The number of amides is 1. The summed E-state index contributed by atoms with van der Waals surface area (Å²) in [5.41, 5.74) is 0. The van der Waals surface area contributed by atoms with Crippen molar-refractivity contribution in [2.24, 2.45) is 0 Å². The summed E-state index contributed by atoms with van der Waals surface area (Å²) in [6, 6.07) is 0. The topological polar surface area (TPSA) is 38.3 Å². The Kier molecular flexibility index (Phi) is 4.14. The summed E-state index contributed by atoms with van der Waals surface area (Å²) in [6.07, 6.45) is 2.48. The van der Waals surface area contributed by atoms with Crippen LogP contribution in [0.15, 0.2) is 0 Å². The maximum absolute atomic E-state index is 10.8. The monoisotopic (exact) mass is 269 g/mol. The number of hydrogen-bond acceptors (Lipinski definition) is 2. The highest BCUT2D eigenvalue weighted by Gasteiger charge is 2.15. The molecule has 1 amide bonds. The van der Waals surface area contributed by atoms with Crippen molar-refractivity contribution in [3.8, 4) is 0 Å². The summed E-state index contributed by atoms with van der Waals surface area (Å²) in [5, 5.41) is 2.80. The molecular formula is C7H12INO2.